The van der Waals surface area contributed by atoms with Crippen molar-refractivity contribution in [3.63, 3.8) is 0 Å². The first-order valence-electron chi connectivity index (χ1n) is 13.3. The molecule has 0 aliphatic heterocycles. The molecule has 3 aromatic carbocycles. The summed E-state index contributed by atoms with van der Waals surface area (Å²) >= 11 is 0. The Morgan fingerprint density at radius 1 is 1.12 bits per heavy atom. The fourth-order valence-electron chi connectivity index (χ4n) is 4.53. The van der Waals surface area contributed by atoms with Crippen LogP contribution in [0, 0.1) is 16.7 Å². The monoisotopic (exact) mass is 549 g/mol. The zero-order valence-corrected chi connectivity index (χ0v) is 24.2. The Morgan fingerprint density at radius 3 is 2.29 bits per heavy atom. The van der Waals surface area contributed by atoms with Gasteiger partial charge in [0.15, 0.2) is 0 Å². The molecule has 1 aliphatic rings. The van der Waals surface area contributed by atoms with E-state index in [4.69, 9.17) is 23.9 Å². The van der Waals surface area contributed by atoms with Crippen LogP contribution in [0.15, 0.2) is 66.4 Å². The molecule has 1 aliphatic carbocycles. The van der Waals surface area contributed by atoms with Gasteiger partial charge in [-0.3, -0.25) is 0 Å². The summed E-state index contributed by atoms with van der Waals surface area (Å²) in [4.78, 5) is 20.7. The van der Waals surface area contributed by atoms with Gasteiger partial charge in [0, 0.05) is 22.5 Å². The van der Waals surface area contributed by atoms with E-state index in [2.05, 4.69) is 52.3 Å². The van der Waals surface area contributed by atoms with Crippen LogP contribution >= 0.6 is 0 Å². The summed E-state index contributed by atoms with van der Waals surface area (Å²) in [6, 6.07) is 22.1. The maximum atomic E-state index is 10.7. The van der Waals surface area contributed by atoms with Gasteiger partial charge in [-0.2, -0.15) is 5.26 Å². The normalized spacial score (nSPS) is 13.1. The molecule has 8 nitrogen and oxygen atoms in total. The number of carbonyl (C=O) groups is 2. The third-order valence-corrected chi connectivity index (χ3v) is 6.71. The third kappa shape index (κ3) is 9.07. The molecule has 0 aromatic heterocycles. The molecule has 1 fully saturated rings. The van der Waals surface area contributed by atoms with E-state index in [-0.39, 0.29) is 11.8 Å². The molecule has 0 spiro atoms. The van der Waals surface area contributed by atoms with Crippen LogP contribution in [-0.4, -0.2) is 52.0 Å². The van der Waals surface area contributed by atoms with Crippen molar-refractivity contribution >= 4 is 47.7 Å². The third-order valence-electron chi connectivity index (χ3n) is 6.71. The van der Waals surface area contributed by atoms with Crippen LogP contribution in [-0.2, 0) is 21.7 Å². The van der Waals surface area contributed by atoms with Crippen molar-refractivity contribution in [1.29, 1.82) is 10.7 Å². The Hall–Kier alpha value is -4.39. The number of amides is 1. The van der Waals surface area contributed by atoms with E-state index in [1.165, 1.54) is 22.3 Å². The van der Waals surface area contributed by atoms with Crippen molar-refractivity contribution in [3.05, 3.63) is 88.6 Å². The number of nitriles is 1. The van der Waals surface area contributed by atoms with Crippen molar-refractivity contribution in [2.45, 2.75) is 38.8 Å². The molecular weight excluding hydrogens is 511 g/mol. The van der Waals surface area contributed by atoms with Gasteiger partial charge in [0.2, 0.25) is 0 Å². The molecule has 0 heterocycles. The van der Waals surface area contributed by atoms with Crippen molar-refractivity contribution in [2.24, 2.45) is 5.73 Å². The summed E-state index contributed by atoms with van der Waals surface area (Å²) in [5.41, 5.74) is 12.3. The van der Waals surface area contributed by atoms with E-state index < -0.39 is 5.91 Å². The first-order chi connectivity index (χ1) is 19.7. The number of fused-ring (bicyclic) bond motifs is 1. The van der Waals surface area contributed by atoms with Crippen molar-refractivity contribution < 1.29 is 9.59 Å². The van der Waals surface area contributed by atoms with Crippen LogP contribution in [0.5, 0.6) is 0 Å². The predicted molar refractivity (Wildman–Crippen MR) is 169 cm³/mol. The number of nitrogens with two attached hydrogens (primary N) is 1. The number of nitrogens with one attached hydrogen (secondary N) is 4. The zero-order chi connectivity index (χ0) is 30.4. The number of carbonyl (C=O) groups excluding carboxylic acids is 2. The van der Waals surface area contributed by atoms with Crippen LogP contribution in [0.4, 0.5) is 0 Å². The zero-order valence-electron chi connectivity index (χ0n) is 24.2. The SMILES string of the molecule is CNC1(c2cc(/C(C(C)=N)=C(\C)N)cc3ccccc23)CC1.CNCC#N.[B]=Cc1ccccc1CNC(=O)C=O. The average Bonchev–Trinajstić information content (AvgIpc) is 3.77. The number of nitrogens with zero attached hydrogens (tertiary/aromatic N) is 1. The van der Waals surface area contributed by atoms with E-state index in [1.807, 2.05) is 44.3 Å². The van der Waals surface area contributed by atoms with Crippen LogP contribution in [0.2, 0.25) is 0 Å². The van der Waals surface area contributed by atoms with E-state index in [0.717, 1.165) is 35.1 Å². The number of hydrogen-bond donors (Lipinski definition) is 5. The maximum absolute atomic E-state index is 10.7. The quantitative estimate of drug-likeness (QED) is 0.0911. The van der Waals surface area contributed by atoms with Gasteiger partial charge < -0.3 is 21.8 Å². The predicted octanol–water partition coefficient (Wildman–Crippen LogP) is 3.33. The van der Waals surface area contributed by atoms with Gasteiger partial charge in [-0.15, -0.1) is 0 Å². The molecule has 0 atom stereocenters. The molecule has 6 N–H and O–H groups in total. The second-order valence-corrected chi connectivity index (χ2v) is 9.65. The van der Waals surface area contributed by atoms with Crippen LogP contribution in [0.25, 0.3) is 16.3 Å². The van der Waals surface area contributed by atoms with Gasteiger partial charge in [0.25, 0.3) is 0 Å². The molecule has 1 radical (unpaired) electrons. The van der Waals surface area contributed by atoms with Crippen molar-refractivity contribution in [1.82, 2.24) is 16.0 Å². The Balaban J connectivity index is 0.000000265. The van der Waals surface area contributed by atoms with Gasteiger partial charge in [-0.25, -0.2) is 0 Å². The van der Waals surface area contributed by atoms with Crippen LogP contribution in [0.3, 0.4) is 0 Å². The molecule has 1 amide bonds. The molecule has 3 aromatic rings. The van der Waals surface area contributed by atoms with Gasteiger partial charge in [0.05, 0.1) is 12.6 Å². The summed E-state index contributed by atoms with van der Waals surface area (Å²) in [5, 5.41) is 26.9. The molecule has 9 heteroatoms. The Bertz CT molecular complexity index is 1470. The molecule has 0 saturated heterocycles. The molecule has 211 valence electrons. The van der Waals surface area contributed by atoms with Crippen molar-refractivity contribution in [3.8, 4) is 6.07 Å². The fraction of sp³-hybridized carbons (Fsp3) is 0.281. The van der Waals surface area contributed by atoms with Gasteiger partial charge in [-0.05, 0) is 74.8 Å². The van der Waals surface area contributed by atoms with E-state index >= 15 is 0 Å². The summed E-state index contributed by atoms with van der Waals surface area (Å²) < 4.78 is 0. The number of hydrogen-bond acceptors (Lipinski definition) is 7. The summed E-state index contributed by atoms with van der Waals surface area (Å²) in [5.74, 6) is 0.833. The minimum atomic E-state index is -0.628. The Morgan fingerprint density at radius 2 is 1.78 bits per heavy atom. The fourth-order valence-corrected chi connectivity index (χ4v) is 4.53. The molecule has 41 heavy (non-hydrogen) atoms. The Labute approximate surface area is 243 Å². The second-order valence-electron chi connectivity index (χ2n) is 9.65. The molecule has 0 unspecified atom stereocenters. The topological polar surface area (TPSA) is 144 Å². The van der Waals surface area contributed by atoms with Gasteiger partial charge >= 0.3 is 82.5 Å². The van der Waals surface area contributed by atoms with Gasteiger partial charge in [0.1, 0.15) is 0 Å². The molecule has 0 bridgehead atoms. The summed E-state index contributed by atoms with van der Waals surface area (Å²) in [6.45, 7) is 4.42. The summed E-state index contributed by atoms with van der Waals surface area (Å²) in [7, 11) is 9.15. The van der Waals surface area contributed by atoms with E-state index in [9.17, 15) is 9.59 Å². The van der Waals surface area contributed by atoms with Crippen molar-refractivity contribution in [2.75, 3.05) is 20.6 Å². The first-order valence-corrected chi connectivity index (χ1v) is 13.3. The first kappa shape index (κ1) is 32.8. The molecule has 1 saturated carbocycles. The molecular formula is C32H38BN6O2. The second kappa shape index (κ2) is 16.0. The van der Waals surface area contributed by atoms with E-state index in [0.29, 0.717) is 24.5 Å². The van der Waals surface area contributed by atoms with Gasteiger partial charge in [-0.1, -0.05) is 24.3 Å². The number of allylic oxidation sites excluding steroid dienone is 2. The van der Waals surface area contributed by atoms with Crippen LogP contribution < -0.4 is 21.7 Å². The average molecular weight is 550 g/mol. The number of aldehydes is 1. The van der Waals surface area contributed by atoms with E-state index in [1.54, 1.807) is 14.0 Å². The number of benzene rings is 3. The van der Waals surface area contributed by atoms with Crippen LogP contribution in [0.1, 0.15) is 48.9 Å². The summed E-state index contributed by atoms with van der Waals surface area (Å²) in [6.07, 6.45) is 2.55. The standard InChI is InChI=1S/C19H23N3.C10H9BNO2.C3H6N2/c1-12(20)18(13(2)21)15-10-14-6-4-5-7-16(14)17(11-15)19(22-3)8-9-19;11-5-8-3-1-2-4-9(8)6-12-10(14)7-13;1-5-3-2-4/h4-7,10-11,20,22H,8-9,21H2,1-3H3;1-5,7H,6H2,(H,12,14);5H,3H2,1H3/b18-13+,20-12?;;. The molecule has 4 rings (SSSR count). The Kier molecular flexibility index (Phi) is 12.8. The minimum absolute atomic E-state index is 0.0825. The number of rotatable bonds is 9.